The average Bonchev–Trinajstić information content (AvgIpc) is 4.06. The molecule has 358 valence electrons. The van der Waals surface area contributed by atoms with Crippen molar-refractivity contribution in [1.29, 1.82) is 5.26 Å². The number of benzene rings is 11. The number of nitrogens with zero attached hydrogens (tertiary/aromatic N) is 5. The zero-order valence-corrected chi connectivity index (χ0v) is 41.2. The SMILES string of the molecule is N#Cc1c(-c2ccccc2)c(Nc2ccc(-c3ccccc3)cc2NC=Nc2ccc(-c3ccccc3)cc2)cc(-n2c3ccc(-c4ccccc4)cc3n3c4cc(-c5ccccc5)ccc4nc23)c1-c1ccccc1. The summed E-state index contributed by atoms with van der Waals surface area (Å²) in [4.78, 5) is 10.4. The van der Waals surface area contributed by atoms with Gasteiger partial charge in [-0.3, -0.25) is 8.97 Å². The Hall–Kier alpha value is -10.6. The van der Waals surface area contributed by atoms with Crippen LogP contribution in [0.3, 0.4) is 0 Å². The third-order valence-corrected chi connectivity index (χ3v) is 14.1. The monoisotopic (exact) mass is 973 g/mol. The summed E-state index contributed by atoms with van der Waals surface area (Å²) in [6, 6.07) is 94.8. The molecule has 76 heavy (non-hydrogen) atoms. The van der Waals surface area contributed by atoms with Crippen LogP contribution < -0.4 is 10.6 Å². The van der Waals surface area contributed by atoms with Crippen LogP contribution in [-0.2, 0) is 0 Å². The van der Waals surface area contributed by atoms with Crippen molar-refractivity contribution in [3.05, 3.63) is 272 Å². The second-order valence-electron chi connectivity index (χ2n) is 18.7. The highest BCUT2D eigenvalue weighted by molar-refractivity contribution is 6.01. The molecule has 0 radical (unpaired) electrons. The third kappa shape index (κ3) is 8.52. The van der Waals surface area contributed by atoms with Crippen molar-refractivity contribution < 1.29 is 0 Å². The maximum absolute atomic E-state index is 11.8. The first kappa shape index (κ1) is 45.3. The van der Waals surface area contributed by atoms with E-state index in [1.807, 2.05) is 84.9 Å². The quantitative estimate of drug-likeness (QED) is 0.0944. The lowest BCUT2D eigenvalue weighted by Crippen LogP contribution is -2.07. The fraction of sp³-hybridized carbons (Fsp3) is 0. The molecule has 0 atom stereocenters. The highest BCUT2D eigenvalue weighted by Crippen LogP contribution is 2.46. The van der Waals surface area contributed by atoms with Crippen LogP contribution in [0.25, 0.3) is 100 Å². The topological polar surface area (TPSA) is 82.4 Å². The van der Waals surface area contributed by atoms with Crippen molar-refractivity contribution in [2.24, 2.45) is 4.99 Å². The van der Waals surface area contributed by atoms with Gasteiger partial charge in [-0.2, -0.15) is 5.26 Å². The molecule has 0 fully saturated rings. The maximum atomic E-state index is 11.8. The number of aliphatic imine (C=N–C) groups is 1. The van der Waals surface area contributed by atoms with E-state index in [-0.39, 0.29) is 0 Å². The zero-order chi connectivity index (χ0) is 50.8. The number of aromatic nitrogens is 3. The summed E-state index contributed by atoms with van der Waals surface area (Å²) in [5.74, 6) is 0.725. The summed E-state index contributed by atoms with van der Waals surface area (Å²) < 4.78 is 4.52. The molecule has 0 aliphatic heterocycles. The van der Waals surface area contributed by atoms with Crippen LogP contribution in [0, 0.1) is 11.3 Å². The van der Waals surface area contributed by atoms with Gasteiger partial charge in [0.05, 0.1) is 56.7 Å². The van der Waals surface area contributed by atoms with E-state index in [1.165, 1.54) is 0 Å². The van der Waals surface area contributed by atoms with E-state index < -0.39 is 0 Å². The number of hydrogen-bond acceptors (Lipinski definition) is 4. The van der Waals surface area contributed by atoms with Crippen molar-refractivity contribution in [3.8, 4) is 78.5 Å². The molecule has 0 amide bonds. The fourth-order valence-corrected chi connectivity index (χ4v) is 10.4. The minimum Gasteiger partial charge on any atom is -0.353 e. The van der Waals surface area contributed by atoms with Crippen molar-refractivity contribution in [2.75, 3.05) is 10.6 Å². The largest absolute Gasteiger partial charge is 0.353 e. The minimum absolute atomic E-state index is 0.525. The normalized spacial score (nSPS) is 11.4. The summed E-state index contributed by atoms with van der Waals surface area (Å²) in [5.41, 5.74) is 20.4. The summed E-state index contributed by atoms with van der Waals surface area (Å²) in [7, 11) is 0. The number of nitriles is 1. The van der Waals surface area contributed by atoms with Gasteiger partial charge in [0.1, 0.15) is 6.07 Å². The Bertz CT molecular complexity index is 4300. The Morgan fingerprint density at radius 1 is 0.395 bits per heavy atom. The molecule has 0 unspecified atom stereocenters. The zero-order valence-electron chi connectivity index (χ0n) is 41.2. The van der Waals surface area contributed by atoms with Gasteiger partial charge in [-0.25, -0.2) is 9.98 Å². The smallest absolute Gasteiger partial charge is 0.220 e. The highest BCUT2D eigenvalue weighted by Gasteiger charge is 2.27. The first-order valence-corrected chi connectivity index (χ1v) is 25.4. The number of hydrogen-bond donors (Lipinski definition) is 2. The molecule has 0 spiro atoms. The first-order chi connectivity index (χ1) is 37.6. The molecule has 13 aromatic rings. The average molecular weight is 974 g/mol. The molecule has 2 aromatic heterocycles. The molecule has 0 bridgehead atoms. The molecule has 13 rings (SSSR count). The van der Waals surface area contributed by atoms with E-state index in [9.17, 15) is 5.26 Å². The van der Waals surface area contributed by atoms with E-state index in [0.29, 0.717) is 5.56 Å². The van der Waals surface area contributed by atoms with E-state index in [2.05, 4.69) is 208 Å². The van der Waals surface area contributed by atoms with Crippen LogP contribution in [0.2, 0.25) is 0 Å². The van der Waals surface area contributed by atoms with Crippen molar-refractivity contribution in [1.82, 2.24) is 14.0 Å². The van der Waals surface area contributed by atoms with E-state index in [4.69, 9.17) is 9.98 Å². The van der Waals surface area contributed by atoms with Crippen LogP contribution in [0.5, 0.6) is 0 Å². The minimum atomic E-state index is 0.525. The molecule has 7 heteroatoms. The van der Waals surface area contributed by atoms with Gasteiger partial charge in [-0.05, 0) is 110 Å². The van der Waals surface area contributed by atoms with Crippen molar-refractivity contribution >= 4 is 56.9 Å². The molecule has 0 saturated carbocycles. The lowest BCUT2D eigenvalue weighted by Gasteiger charge is -2.23. The fourth-order valence-electron chi connectivity index (χ4n) is 10.4. The second kappa shape index (κ2) is 19.8. The number of nitrogens with one attached hydrogen (secondary N) is 2. The molecule has 2 N–H and O–H groups in total. The molecule has 0 saturated heterocycles. The molecule has 7 nitrogen and oxygen atoms in total. The van der Waals surface area contributed by atoms with Crippen LogP contribution in [0.1, 0.15) is 5.56 Å². The highest BCUT2D eigenvalue weighted by atomic mass is 15.2. The van der Waals surface area contributed by atoms with Gasteiger partial charge in [0.25, 0.3) is 0 Å². The third-order valence-electron chi connectivity index (χ3n) is 14.1. The van der Waals surface area contributed by atoms with E-state index in [0.717, 1.165) is 123 Å². The van der Waals surface area contributed by atoms with Crippen LogP contribution >= 0.6 is 0 Å². The summed E-state index contributed by atoms with van der Waals surface area (Å²) >= 11 is 0. The molecular weight excluding hydrogens is 927 g/mol. The van der Waals surface area contributed by atoms with Crippen molar-refractivity contribution in [2.45, 2.75) is 0 Å². The van der Waals surface area contributed by atoms with Gasteiger partial charge in [-0.1, -0.05) is 212 Å². The predicted molar refractivity (Wildman–Crippen MR) is 315 cm³/mol. The molecule has 0 aliphatic rings. The van der Waals surface area contributed by atoms with Gasteiger partial charge >= 0.3 is 0 Å². The van der Waals surface area contributed by atoms with Crippen LogP contribution in [-0.4, -0.2) is 20.3 Å². The first-order valence-electron chi connectivity index (χ1n) is 25.4. The second-order valence-corrected chi connectivity index (χ2v) is 18.7. The molecule has 11 aromatic carbocycles. The molecular formula is C69H47N7. The Labute approximate surface area is 440 Å². The Morgan fingerprint density at radius 3 is 1.42 bits per heavy atom. The lowest BCUT2D eigenvalue weighted by atomic mass is 9.89. The number of imidazole rings is 2. The molecule has 0 aliphatic carbocycles. The number of anilines is 3. The summed E-state index contributed by atoms with van der Waals surface area (Å²) in [6.07, 6.45) is 1.74. The van der Waals surface area contributed by atoms with Gasteiger partial charge in [-0.15, -0.1) is 0 Å². The standard InChI is InChI=1S/C69H47N7/c70-45-58-67(52-27-15-5-16-28-52)62(73-59-38-33-54(48-21-9-2-10-22-48)41-61(59)72-46-71-57-36-31-51(32-37-57)47-19-7-1-8-20-47)44-66(68(58)53-29-17-6-18-30-53)75-63-40-35-56(50-25-13-4-14-26-50)43-65(63)76-64-42-55(49-23-11-3-12-24-49)34-39-60(64)74-69(75)76/h1-44,46,73H,(H,71,72). The molecule has 2 heterocycles. The van der Waals surface area contributed by atoms with Gasteiger partial charge in [0, 0.05) is 16.8 Å². The van der Waals surface area contributed by atoms with Crippen molar-refractivity contribution in [3.63, 3.8) is 0 Å². The van der Waals surface area contributed by atoms with Gasteiger partial charge in [0.2, 0.25) is 5.78 Å². The van der Waals surface area contributed by atoms with Crippen LogP contribution in [0.15, 0.2) is 272 Å². The Morgan fingerprint density at radius 2 is 0.855 bits per heavy atom. The maximum Gasteiger partial charge on any atom is 0.220 e. The number of fused-ring (bicyclic) bond motifs is 5. The Balaban J connectivity index is 1.04. The van der Waals surface area contributed by atoms with Crippen LogP contribution in [0.4, 0.5) is 22.7 Å². The van der Waals surface area contributed by atoms with Gasteiger partial charge in [0.15, 0.2) is 0 Å². The Kier molecular flexibility index (Phi) is 11.8. The van der Waals surface area contributed by atoms with E-state index >= 15 is 0 Å². The predicted octanol–water partition coefficient (Wildman–Crippen LogP) is 17.8. The van der Waals surface area contributed by atoms with Gasteiger partial charge < -0.3 is 10.6 Å². The number of rotatable bonds is 12. The van der Waals surface area contributed by atoms with E-state index in [1.54, 1.807) is 6.34 Å². The lowest BCUT2D eigenvalue weighted by molar-refractivity contribution is 1.11. The summed E-state index contributed by atoms with van der Waals surface area (Å²) in [5, 5.41) is 19.2. The summed E-state index contributed by atoms with van der Waals surface area (Å²) in [6.45, 7) is 0.